The molecule has 1 saturated heterocycles. The van der Waals surface area contributed by atoms with Crippen LogP contribution in [0.4, 0.5) is 22.0 Å². The van der Waals surface area contributed by atoms with Crippen LogP contribution in [0.15, 0.2) is 60.7 Å². The molecule has 4 rings (SSSR count). The van der Waals surface area contributed by atoms with E-state index < -0.39 is 0 Å². The van der Waals surface area contributed by atoms with Crippen LogP contribution in [0.3, 0.4) is 0 Å². The molecule has 1 aliphatic heterocycles. The summed E-state index contributed by atoms with van der Waals surface area (Å²) in [4.78, 5) is 14.5. The molecule has 1 aliphatic rings. The van der Waals surface area contributed by atoms with E-state index in [1.807, 2.05) is 36.4 Å². The van der Waals surface area contributed by atoms with Gasteiger partial charge in [-0.05, 0) is 61.4 Å². The molecule has 0 unspecified atom stereocenters. The van der Waals surface area contributed by atoms with Gasteiger partial charge < -0.3 is 15.5 Å². The molecular weight excluding hydrogens is 398 g/mol. The van der Waals surface area contributed by atoms with E-state index in [0.717, 1.165) is 30.2 Å². The van der Waals surface area contributed by atoms with Gasteiger partial charge in [0.2, 0.25) is 0 Å². The predicted octanol–water partition coefficient (Wildman–Crippen LogP) is 5.82. The third kappa shape index (κ3) is 5.27. The molecule has 7 heteroatoms. The zero-order valence-corrected chi connectivity index (χ0v) is 17.4. The van der Waals surface area contributed by atoms with Crippen LogP contribution < -0.4 is 15.5 Å². The molecule has 1 fully saturated rings. The van der Waals surface area contributed by atoms with Crippen LogP contribution in [-0.4, -0.2) is 29.3 Å². The quantitative estimate of drug-likeness (QED) is 0.556. The minimum atomic E-state index is -0.313. The highest BCUT2D eigenvalue weighted by Crippen LogP contribution is 2.22. The lowest BCUT2D eigenvalue weighted by molar-refractivity contribution is 0.262. The van der Waals surface area contributed by atoms with Crippen LogP contribution in [0.25, 0.3) is 11.3 Å². The molecule has 2 N–H and O–H groups in total. The molecule has 2 aromatic carbocycles. The molecule has 0 radical (unpaired) electrons. The molecule has 2 amide bonds. The highest BCUT2D eigenvalue weighted by molar-refractivity contribution is 6.30. The Morgan fingerprint density at radius 1 is 0.767 bits per heavy atom. The lowest BCUT2D eigenvalue weighted by Crippen LogP contribution is -2.25. The minimum absolute atomic E-state index is 0.313. The third-order valence-electron chi connectivity index (χ3n) is 5.12. The number of anilines is 3. The second-order valence-corrected chi connectivity index (χ2v) is 7.78. The summed E-state index contributed by atoms with van der Waals surface area (Å²) in [6.45, 7) is 2.10. The van der Waals surface area contributed by atoms with E-state index in [1.165, 1.54) is 25.7 Å². The van der Waals surface area contributed by atoms with Gasteiger partial charge in [-0.1, -0.05) is 36.6 Å². The summed E-state index contributed by atoms with van der Waals surface area (Å²) >= 11 is 5.86. The van der Waals surface area contributed by atoms with Gasteiger partial charge in [-0.15, -0.1) is 10.2 Å². The van der Waals surface area contributed by atoms with Crippen LogP contribution in [0.2, 0.25) is 5.02 Å². The maximum Gasteiger partial charge on any atom is 0.323 e. The Labute approximate surface area is 181 Å². The van der Waals surface area contributed by atoms with Crippen molar-refractivity contribution in [2.24, 2.45) is 0 Å². The van der Waals surface area contributed by atoms with Gasteiger partial charge in [-0.25, -0.2) is 4.79 Å². The normalized spacial score (nSPS) is 14.1. The number of nitrogens with zero attached hydrogens (tertiary/aromatic N) is 3. The van der Waals surface area contributed by atoms with Crippen molar-refractivity contribution in [1.29, 1.82) is 0 Å². The standard InChI is InChI=1S/C23H24ClN5O/c24-18-7-11-20(12-8-18)26-23(30)25-19-9-5-17(6-10-19)21-13-14-22(28-27-21)29-15-3-1-2-4-16-29/h5-14H,1-4,15-16H2,(H2,25,26,30). The first-order valence-electron chi connectivity index (χ1n) is 10.2. The Kier molecular flexibility index (Phi) is 6.44. The molecule has 1 aromatic heterocycles. The molecule has 154 valence electrons. The maximum atomic E-state index is 12.2. The Hall–Kier alpha value is -3.12. The van der Waals surface area contributed by atoms with Gasteiger partial charge >= 0.3 is 6.03 Å². The zero-order valence-electron chi connectivity index (χ0n) is 16.6. The number of hydrogen-bond donors (Lipinski definition) is 2. The molecule has 2 heterocycles. The molecule has 3 aromatic rings. The summed E-state index contributed by atoms with van der Waals surface area (Å²) in [5.41, 5.74) is 3.13. The van der Waals surface area contributed by atoms with Crippen molar-refractivity contribution < 1.29 is 4.79 Å². The van der Waals surface area contributed by atoms with Gasteiger partial charge in [0.25, 0.3) is 0 Å². The maximum absolute atomic E-state index is 12.2. The Bertz CT molecular complexity index is 966. The number of halogens is 1. The SMILES string of the molecule is O=C(Nc1ccc(Cl)cc1)Nc1ccc(-c2ccc(N3CCCCCC3)nn2)cc1. The summed E-state index contributed by atoms with van der Waals surface area (Å²) < 4.78 is 0. The first-order chi connectivity index (χ1) is 14.7. The Morgan fingerprint density at radius 3 is 1.93 bits per heavy atom. The van der Waals surface area contributed by atoms with Crippen molar-refractivity contribution in [1.82, 2.24) is 10.2 Å². The van der Waals surface area contributed by atoms with E-state index in [-0.39, 0.29) is 6.03 Å². The second kappa shape index (κ2) is 9.59. The van der Waals surface area contributed by atoms with Crippen LogP contribution in [-0.2, 0) is 0 Å². The average molecular weight is 422 g/mol. The largest absolute Gasteiger partial charge is 0.355 e. The van der Waals surface area contributed by atoms with E-state index in [2.05, 4.69) is 25.7 Å². The van der Waals surface area contributed by atoms with Crippen molar-refractivity contribution in [3.63, 3.8) is 0 Å². The molecule has 0 saturated carbocycles. The summed E-state index contributed by atoms with van der Waals surface area (Å²) in [5.74, 6) is 0.942. The molecule has 0 atom stereocenters. The van der Waals surface area contributed by atoms with Gasteiger partial charge in [0.15, 0.2) is 5.82 Å². The summed E-state index contributed by atoms with van der Waals surface area (Å²) in [5, 5.41) is 15.0. The van der Waals surface area contributed by atoms with Gasteiger partial charge in [-0.3, -0.25) is 0 Å². The van der Waals surface area contributed by atoms with Crippen molar-refractivity contribution in [3.8, 4) is 11.3 Å². The Balaban J connectivity index is 1.36. The molecule has 0 bridgehead atoms. The molecule has 0 spiro atoms. The number of carbonyl (C=O) groups is 1. The lowest BCUT2D eigenvalue weighted by atomic mass is 10.1. The average Bonchev–Trinajstić information content (AvgIpc) is 3.06. The minimum Gasteiger partial charge on any atom is -0.355 e. The molecule has 0 aliphatic carbocycles. The van der Waals surface area contributed by atoms with Crippen molar-refractivity contribution >= 4 is 34.8 Å². The number of rotatable bonds is 4. The number of carbonyl (C=O) groups excluding carboxylic acids is 1. The van der Waals surface area contributed by atoms with E-state index in [0.29, 0.717) is 16.4 Å². The van der Waals surface area contributed by atoms with E-state index in [9.17, 15) is 4.79 Å². The predicted molar refractivity (Wildman–Crippen MR) is 122 cm³/mol. The molecular formula is C23H24ClN5O. The second-order valence-electron chi connectivity index (χ2n) is 7.34. The van der Waals surface area contributed by atoms with Gasteiger partial charge in [0, 0.05) is 35.1 Å². The fourth-order valence-electron chi connectivity index (χ4n) is 3.50. The highest BCUT2D eigenvalue weighted by Gasteiger charge is 2.12. The van der Waals surface area contributed by atoms with Crippen LogP contribution >= 0.6 is 11.6 Å². The number of aromatic nitrogens is 2. The number of nitrogens with one attached hydrogen (secondary N) is 2. The van der Waals surface area contributed by atoms with Gasteiger partial charge in [0.05, 0.1) is 5.69 Å². The van der Waals surface area contributed by atoms with Gasteiger partial charge in [-0.2, -0.15) is 0 Å². The zero-order chi connectivity index (χ0) is 20.8. The fraction of sp³-hybridized carbons (Fsp3) is 0.261. The number of urea groups is 1. The van der Waals surface area contributed by atoms with Gasteiger partial charge in [0.1, 0.15) is 0 Å². The number of benzene rings is 2. The lowest BCUT2D eigenvalue weighted by Gasteiger charge is -2.20. The monoisotopic (exact) mass is 421 g/mol. The topological polar surface area (TPSA) is 70.2 Å². The first-order valence-corrected chi connectivity index (χ1v) is 10.6. The Morgan fingerprint density at radius 2 is 1.37 bits per heavy atom. The van der Waals surface area contributed by atoms with E-state index in [4.69, 9.17) is 11.6 Å². The van der Waals surface area contributed by atoms with Crippen LogP contribution in [0.5, 0.6) is 0 Å². The third-order valence-corrected chi connectivity index (χ3v) is 5.37. The fourth-order valence-corrected chi connectivity index (χ4v) is 3.62. The molecule has 30 heavy (non-hydrogen) atoms. The van der Waals surface area contributed by atoms with Crippen LogP contribution in [0, 0.1) is 0 Å². The smallest absolute Gasteiger partial charge is 0.323 e. The van der Waals surface area contributed by atoms with Crippen LogP contribution in [0.1, 0.15) is 25.7 Å². The van der Waals surface area contributed by atoms with E-state index in [1.54, 1.807) is 24.3 Å². The van der Waals surface area contributed by atoms with Crippen molar-refractivity contribution in [3.05, 3.63) is 65.7 Å². The van der Waals surface area contributed by atoms with Crippen molar-refractivity contribution in [2.45, 2.75) is 25.7 Å². The number of hydrogen-bond acceptors (Lipinski definition) is 4. The number of amides is 2. The summed E-state index contributed by atoms with van der Waals surface area (Å²) in [6.07, 6.45) is 5.01. The summed E-state index contributed by atoms with van der Waals surface area (Å²) in [7, 11) is 0. The van der Waals surface area contributed by atoms with E-state index >= 15 is 0 Å². The molecule has 6 nitrogen and oxygen atoms in total. The van der Waals surface area contributed by atoms with Crippen molar-refractivity contribution in [2.75, 3.05) is 28.6 Å². The highest BCUT2D eigenvalue weighted by atomic mass is 35.5. The summed E-state index contributed by atoms with van der Waals surface area (Å²) in [6, 6.07) is 18.2. The first kappa shape index (κ1) is 20.2.